The number of H-pyrrole nitrogens is 1. The SMILES string of the molecule is [C-]#[N+]c1ccc2c3c([nH]c2c1)C(C)(C)c1cc(N2CCC(N4CCN(C(=O)CCOCCOCCCc5cccc6c5CN(C5CCC(=O)NC5=O)C6=O)CC4)CC2)c(CC)cc1C3=O. The number of hydrogen-bond donors (Lipinski definition) is 2. The Morgan fingerprint density at radius 1 is 0.877 bits per heavy atom. The van der Waals surface area contributed by atoms with Crippen molar-refractivity contribution in [1.82, 2.24) is 25.0 Å². The van der Waals surface area contributed by atoms with Crippen LogP contribution >= 0.6 is 0 Å². The molecule has 4 aromatic rings. The quantitative estimate of drug-likeness (QED) is 0.0874. The molecule has 4 amide bonds. The molecule has 3 saturated heterocycles. The Labute approximate surface area is 380 Å². The summed E-state index contributed by atoms with van der Waals surface area (Å²) in [6, 6.07) is 15.5. The maximum atomic E-state index is 14.1. The van der Waals surface area contributed by atoms with E-state index in [1.807, 2.05) is 29.2 Å². The van der Waals surface area contributed by atoms with Crippen LogP contribution in [0.3, 0.4) is 0 Å². The number of carbonyl (C=O) groups is 5. The van der Waals surface area contributed by atoms with Crippen LogP contribution in [-0.4, -0.2) is 127 Å². The van der Waals surface area contributed by atoms with Crippen molar-refractivity contribution in [2.24, 2.45) is 0 Å². The Bertz CT molecular complexity index is 2580. The smallest absolute Gasteiger partial charge is 0.255 e. The van der Waals surface area contributed by atoms with Crippen molar-refractivity contribution in [3.8, 4) is 0 Å². The van der Waals surface area contributed by atoms with Crippen LogP contribution in [0.15, 0.2) is 48.5 Å². The van der Waals surface area contributed by atoms with Crippen molar-refractivity contribution < 1.29 is 33.4 Å². The van der Waals surface area contributed by atoms with E-state index >= 15 is 0 Å². The Hall–Kier alpha value is -5.88. The number of ether oxygens (including phenoxy) is 2. The number of hydrogen-bond acceptors (Lipinski definition) is 9. The van der Waals surface area contributed by atoms with Gasteiger partial charge in [0.05, 0.1) is 38.4 Å². The Morgan fingerprint density at radius 3 is 2.38 bits per heavy atom. The first-order valence-electron chi connectivity index (χ1n) is 23.4. The summed E-state index contributed by atoms with van der Waals surface area (Å²) in [5.41, 5.74) is 9.48. The first kappa shape index (κ1) is 44.3. The van der Waals surface area contributed by atoms with Crippen molar-refractivity contribution in [1.29, 1.82) is 0 Å². The third-order valence-electron chi connectivity index (χ3n) is 14.5. The van der Waals surface area contributed by atoms with E-state index < -0.39 is 17.4 Å². The lowest BCUT2D eigenvalue weighted by Crippen LogP contribution is -2.54. The molecule has 3 aromatic carbocycles. The topological polar surface area (TPSA) is 149 Å². The minimum atomic E-state index is -0.626. The Balaban J connectivity index is 0.680. The van der Waals surface area contributed by atoms with Gasteiger partial charge in [0, 0.05) is 104 Å². The molecule has 4 aliphatic heterocycles. The van der Waals surface area contributed by atoms with Gasteiger partial charge in [-0.25, -0.2) is 4.85 Å². The molecule has 5 heterocycles. The van der Waals surface area contributed by atoms with Gasteiger partial charge in [-0.05, 0) is 85.0 Å². The second-order valence-electron chi connectivity index (χ2n) is 18.6. The average molecular weight is 882 g/mol. The first-order chi connectivity index (χ1) is 31.5. The van der Waals surface area contributed by atoms with Gasteiger partial charge in [0.25, 0.3) is 5.91 Å². The zero-order valence-electron chi connectivity index (χ0n) is 37.8. The van der Waals surface area contributed by atoms with Gasteiger partial charge in [-0.2, -0.15) is 0 Å². The summed E-state index contributed by atoms with van der Waals surface area (Å²) in [5, 5.41) is 3.23. The number of rotatable bonds is 14. The maximum Gasteiger partial charge on any atom is 0.255 e. The summed E-state index contributed by atoms with van der Waals surface area (Å²) < 4.78 is 11.6. The highest BCUT2D eigenvalue weighted by atomic mass is 16.5. The monoisotopic (exact) mass is 881 g/mol. The highest BCUT2D eigenvalue weighted by Gasteiger charge is 2.42. The Kier molecular flexibility index (Phi) is 12.6. The van der Waals surface area contributed by atoms with E-state index in [-0.39, 0.29) is 29.9 Å². The lowest BCUT2D eigenvalue weighted by molar-refractivity contribution is -0.137. The number of aromatic amines is 1. The number of benzene rings is 3. The summed E-state index contributed by atoms with van der Waals surface area (Å²) >= 11 is 0. The molecule has 0 saturated carbocycles. The van der Waals surface area contributed by atoms with Crippen LogP contribution in [0.25, 0.3) is 15.7 Å². The van der Waals surface area contributed by atoms with Crippen LogP contribution in [0, 0.1) is 6.57 Å². The van der Waals surface area contributed by atoms with E-state index in [1.54, 1.807) is 17.0 Å². The molecule has 3 fully saturated rings. The number of anilines is 1. The number of aryl methyl sites for hydroxylation is 2. The molecular weight excluding hydrogens is 823 g/mol. The number of nitrogens with zero attached hydrogens (tertiary/aromatic N) is 5. The number of carbonyl (C=O) groups excluding carboxylic acids is 5. The van der Waals surface area contributed by atoms with Gasteiger partial charge >= 0.3 is 0 Å². The van der Waals surface area contributed by atoms with Crippen LogP contribution < -0.4 is 10.2 Å². The first-order valence-corrected chi connectivity index (χ1v) is 23.4. The molecule has 1 atom stereocenters. The number of amides is 4. The third-order valence-corrected chi connectivity index (χ3v) is 14.5. The summed E-state index contributed by atoms with van der Waals surface area (Å²) in [5.74, 6) is -0.693. The maximum absolute atomic E-state index is 14.1. The van der Waals surface area contributed by atoms with Gasteiger partial charge in [0.15, 0.2) is 11.5 Å². The van der Waals surface area contributed by atoms with Gasteiger partial charge in [-0.1, -0.05) is 45.0 Å². The van der Waals surface area contributed by atoms with Crippen molar-refractivity contribution in [3.63, 3.8) is 0 Å². The van der Waals surface area contributed by atoms with Gasteiger partial charge in [-0.15, -0.1) is 0 Å². The largest absolute Gasteiger partial charge is 0.379 e. The molecule has 65 heavy (non-hydrogen) atoms. The van der Waals surface area contributed by atoms with E-state index in [9.17, 15) is 24.0 Å². The number of fused-ring (bicyclic) bond motifs is 5. The summed E-state index contributed by atoms with van der Waals surface area (Å²) in [6.45, 7) is 21.2. The van der Waals surface area contributed by atoms with Gasteiger partial charge in [0.2, 0.25) is 17.7 Å². The van der Waals surface area contributed by atoms with Gasteiger partial charge < -0.3 is 29.2 Å². The van der Waals surface area contributed by atoms with E-state index in [0.717, 1.165) is 116 Å². The molecule has 0 radical (unpaired) electrons. The van der Waals surface area contributed by atoms with E-state index in [4.69, 9.17) is 16.0 Å². The van der Waals surface area contributed by atoms with Crippen molar-refractivity contribution in [2.75, 3.05) is 70.6 Å². The molecule has 1 aliphatic carbocycles. The highest BCUT2D eigenvalue weighted by molar-refractivity contribution is 6.20. The lowest BCUT2D eigenvalue weighted by Gasteiger charge is -2.44. The molecule has 1 aromatic heterocycles. The van der Waals surface area contributed by atoms with Gasteiger partial charge in [0.1, 0.15) is 6.04 Å². The number of piperidine rings is 2. The second kappa shape index (κ2) is 18.5. The predicted octanol–water partition coefficient (Wildman–Crippen LogP) is 6.08. The minimum Gasteiger partial charge on any atom is -0.379 e. The molecule has 9 rings (SSSR count). The zero-order valence-corrected chi connectivity index (χ0v) is 37.8. The fraction of sp³-hybridized carbons (Fsp3) is 0.490. The summed E-state index contributed by atoms with van der Waals surface area (Å²) in [6.07, 6.45) is 5.35. The summed E-state index contributed by atoms with van der Waals surface area (Å²) in [4.78, 5) is 80.2. The van der Waals surface area contributed by atoms with Crippen LogP contribution in [0.5, 0.6) is 0 Å². The molecule has 14 heteroatoms. The normalized spacial score (nSPS) is 19.9. The standard InChI is InChI=1S/C51H59N7O7/c1-5-32-28-38-40(51(2,3)48-46(47(38)61)37-12-11-34(52-4)29-41(37)53-48)30-43(32)56-18-15-35(16-19-56)55-20-22-57(23-21-55)45(60)17-25-65-27-26-64-24-7-9-33-8-6-10-36-39(33)31-58(50(36)63)42-13-14-44(59)54-49(42)62/h6,8,10-12,28-30,35,42,53H,5,7,9,13-27,31H2,1-3H3,(H,54,59,62). The van der Waals surface area contributed by atoms with E-state index in [2.05, 4.69) is 57.8 Å². The minimum absolute atomic E-state index is 0.0490. The van der Waals surface area contributed by atoms with Crippen molar-refractivity contribution in [3.05, 3.63) is 105 Å². The molecule has 340 valence electrons. The molecule has 0 spiro atoms. The van der Waals surface area contributed by atoms with Crippen molar-refractivity contribution in [2.45, 2.75) is 96.2 Å². The predicted molar refractivity (Wildman–Crippen MR) is 246 cm³/mol. The number of ketones is 1. The number of piperazine rings is 1. The second-order valence-corrected chi connectivity index (χ2v) is 18.6. The zero-order chi connectivity index (χ0) is 45.4. The van der Waals surface area contributed by atoms with Crippen molar-refractivity contribution >= 4 is 51.7 Å². The van der Waals surface area contributed by atoms with Crippen LogP contribution in [0.1, 0.15) is 114 Å². The fourth-order valence-corrected chi connectivity index (χ4v) is 10.8. The van der Waals surface area contributed by atoms with Crippen LogP contribution in [0.4, 0.5) is 11.4 Å². The van der Waals surface area contributed by atoms with Crippen LogP contribution in [-0.2, 0) is 48.7 Å². The molecule has 0 bridgehead atoms. The molecule has 14 nitrogen and oxygen atoms in total. The van der Waals surface area contributed by atoms with Gasteiger partial charge in [-0.3, -0.25) is 34.2 Å². The highest BCUT2D eigenvalue weighted by Crippen LogP contribution is 2.46. The lowest BCUT2D eigenvalue weighted by atomic mass is 9.70. The average Bonchev–Trinajstić information content (AvgIpc) is 3.88. The molecule has 2 N–H and O–H groups in total. The number of nitrogens with one attached hydrogen (secondary N) is 2. The fourth-order valence-electron chi connectivity index (χ4n) is 10.8. The van der Waals surface area contributed by atoms with Crippen LogP contribution in [0.2, 0.25) is 0 Å². The molecular formula is C51H59N7O7. The molecule has 5 aliphatic rings. The summed E-state index contributed by atoms with van der Waals surface area (Å²) in [7, 11) is 0. The number of imide groups is 1. The Morgan fingerprint density at radius 2 is 1.65 bits per heavy atom. The third kappa shape index (κ3) is 8.57. The molecule has 1 unspecified atom stereocenters. The van der Waals surface area contributed by atoms with E-state index in [0.29, 0.717) is 63.1 Å². The number of aromatic nitrogens is 1. The van der Waals surface area contributed by atoms with E-state index in [1.165, 1.54) is 11.3 Å².